The molecule has 0 unspecified atom stereocenters. The first kappa shape index (κ1) is 12.4. The maximum atomic E-state index is 12.2. The van der Waals surface area contributed by atoms with Crippen molar-refractivity contribution < 1.29 is 4.79 Å². The van der Waals surface area contributed by atoms with Crippen LogP contribution >= 0.6 is 0 Å². The second-order valence-corrected chi connectivity index (χ2v) is 4.57. The number of benzene rings is 1. The normalized spacial score (nSPS) is 10.6. The van der Waals surface area contributed by atoms with Crippen LogP contribution in [-0.2, 0) is 6.42 Å². The van der Waals surface area contributed by atoms with E-state index in [1.807, 2.05) is 41.1 Å². The van der Waals surface area contributed by atoms with Crippen LogP contribution in [0.15, 0.2) is 61.1 Å². The van der Waals surface area contributed by atoms with Crippen LogP contribution in [0.4, 0.5) is 0 Å². The van der Waals surface area contributed by atoms with E-state index in [4.69, 9.17) is 0 Å². The molecule has 0 aliphatic carbocycles. The lowest BCUT2D eigenvalue weighted by Gasteiger charge is -2.06. The molecule has 20 heavy (non-hydrogen) atoms. The topological polar surface area (TPSA) is 46.4 Å². The van der Waals surface area contributed by atoms with Gasteiger partial charge in [0.2, 0.25) is 0 Å². The molecule has 0 atom stereocenters. The van der Waals surface area contributed by atoms with E-state index in [0.717, 1.165) is 6.42 Å². The molecule has 0 bridgehead atoms. The van der Waals surface area contributed by atoms with Gasteiger partial charge in [-0.2, -0.15) is 0 Å². The number of amides is 1. The summed E-state index contributed by atoms with van der Waals surface area (Å²) in [6.45, 7) is 0.616. The molecule has 1 N–H and O–H groups in total. The van der Waals surface area contributed by atoms with Gasteiger partial charge in [0, 0.05) is 25.1 Å². The third kappa shape index (κ3) is 2.54. The van der Waals surface area contributed by atoms with Crippen molar-refractivity contribution in [1.82, 2.24) is 14.7 Å². The van der Waals surface area contributed by atoms with Gasteiger partial charge in [-0.3, -0.25) is 4.79 Å². The minimum Gasteiger partial charge on any atom is -0.352 e. The summed E-state index contributed by atoms with van der Waals surface area (Å²) in [7, 11) is 0. The van der Waals surface area contributed by atoms with Gasteiger partial charge >= 0.3 is 0 Å². The number of nitrogens with zero attached hydrogens (tertiary/aromatic N) is 2. The summed E-state index contributed by atoms with van der Waals surface area (Å²) in [4.78, 5) is 16.4. The van der Waals surface area contributed by atoms with Gasteiger partial charge in [0.25, 0.3) is 5.91 Å². The fraction of sp³-hybridized carbons (Fsp3) is 0.125. The van der Waals surface area contributed by atoms with Gasteiger partial charge in [0.1, 0.15) is 5.65 Å². The highest BCUT2D eigenvalue weighted by atomic mass is 16.1. The average molecular weight is 265 g/mol. The second kappa shape index (κ2) is 5.57. The van der Waals surface area contributed by atoms with Crippen molar-refractivity contribution in [2.75, 3.05) is 6.54 Å². The smallest absolute Gasteiger partial charge is 0.255 e. The monoisotopic (exact) mass is 265 g/mol. The Balaban J connectivity index is 1.66. The molecule has 0 fully saturated rings. The Morgan fingerprint density at radius 3 is 2.80 bits per heavy atom. The first-order valence-corrected chi connectivity index (χ1v) is 6.58. The Bertz CT molecular complexity index is 719. The third-order valence-electron chi connectivity index (χ3n) is 3.21. The lowest BCUT2D eigenvalue weighted by Crippen LogP contribution is -2.26. The quantitative estimate of drug-likeness (QED) is 0.787. The number of fused-ring (bicyclic) bond motifs is 1. The maximum absolute atomic E-state index is 12.2. The molecular formula is C16H15N3O. The molecule has 0 aliphatic heterocycles. The van der Waals surface area contributed by atoms with Crippen LogP contribution in [0.25, 0.3) is 5.65 Å². The summed E-state index contributed by atoms with van der Waals surface area (Å²) in [6, 6.07) is 13.7. The molecule has 1 amide bonds. The predicted octanol–water partition coefficient (Wildman–Crippen LogP) is 2.31. The number of rotatable bonds is 4. The van der Waals surface area contributed by atoms with Gasteiger partial charge in [-0.1, -0.05) is 30.3 Å². The number of hydrogen-bond donors (Lipinski definition) is 1. The Morgan fingerprint density at radius 2 is 1.95 bits per heavy atom. The molecular weight excluding hydrogens is 250 g/mol. The molecule has 4 nitrogen and oxygen atoms in total. The standard InChI is InChI=1S/C16H15N3O/c20-16(18-9-8-13-5-2-1-3-6-13)14-7-4-11-19-12-10-17-15(14)19/h1-7,10-12H,8-9H2,(H,18,20). The fourth-order valence-electron chi connectivity index (χ4n) is 2.19. The van der Waals surface area contributed by atoms with E-state index < -0.39 is 0 Å². The van der Waals surface area contributed by atoms with Crippen LogP contribution < -0.4 is 5.32 Å². The summed E-state index contributed by atoms with van der Waals surface area (Å²) in [5, 5.41) is 2.94. The zero-order valence-electron chi connectivity index (χ0n) is 11.0. The molecule has 1 aromatic carbocycles. The van der Waals surface area contributed by atoms with Crippen molar-refractivity contribution in [3.05, 3.63) is 72.2 Å². The fourth-order valence-corrected chi connectivity index (χ4v) is 2.19. The molecule has 3 aromatic rings. The van der Waals surface area contributed by atoms with Crippen LogP contribution in [0.1, 0.15) is 15.9 Å². The van der Waals surface area contributed by atoms with Gasteiger partial charge in [-0.15, -0.1) is 0 Å². The molecule has 100 valence electrons. The molecule has 0 radical (unpaired) electrons. The summed E-state index contributed by atoms with van der Waals surface area (Å²) >= 11 is 0. The molecule has 4 heteroatoms. The lowest BCUT2D eigenvalue weighted by molar-refractivity contribution is 0.0955. The van der Waals surface area contributed by atoms with Gasteiger partial charge in [-0.25, -0.2) is 4.98 Å². The molecule has 0 aliphatic rings. The number of carbonyl (C=O) groups excluding carboxylic acids is 1. The lowest BCUT2D eigenvalue weighted by atomic mass is 10.1. The van der Waals surface area contributed by atoms with E-state index in [1.165, 1.54) is 5.56 Å². The number of aromatic nitrogens is 2. The molecule has 0 saturated heterocycles. The van der Waals surface area contributed by atoms with E-state index >= 15 is 0 Å². The van der Waals surface area contributed by atoms with Crippen LogP contribution in [-0.4, -0.2) is 21.8 Å². The van der Waals surface area contributed by atoms with Crippen molar-refractivity contribution >= 4 is 11.6 Å². The highest BCUT2D eigenvalue weighted by Crippen LogP contribution is 2.08. The Labute approximate surface area is 117 Å². The largest absolute Gasteiger partial charge is 0.352 e. The van der Waals surface area contributed by atoms with Crippen molar-refractivity contribution in [1.29, 1.82) is 0 Å². The number of pyridine rings is 1. The Hall–Kier alpha value is -2.62. The zero-order chi connectivity index (χ0) is 13.8. The van der Waals surface area contributed by atoms with E-state index in [1.54, 1.807) is 12.3 Å². The van der Waals surface area contributed by atoms with Gasteiger partial charge < -0.3 is 9.72 Å². The molecule has 2 heterocycles. The van der Waals surface area contributed by atoms with Crippen molar-refractivity contribution in [2.45, 2.75) is 6.42 Å². The maximum Gasteiger partial charge on any atom is 0.255 e. The SMILES string of the molecule is O=C(NCCc1ccccc1)c1cccn2ccnc12. The third-order valence-corrected chi connectivity index (χ3v) is 3.21. The van der Waals surface area contributed by atoms with Crippen molar-refractivity contribution in [3.63, 3.8) is 0 Å². The van der Waals surface area contributed by atoms with Crippen molar-refractivity contribution in [2.24, 2.45) is 0 Å². The van der Waals surface area contributed by atoms with Gasteiger partial charge in [-0.05, 0) is 24.1 Å². The van der Waals surface area contributed by atoms with Crippen LogP contribution in [0.2, 0.25) is 0 Å². The average Bonchev–Trinajstić information content (AvgIpc) is 2.96. The number of imidazole rings is 1. The summed E-state index contributed by atoms with van der Waals surface area (Å²) in [5.41, 5.74) is 2.50. The Morgan fingerprint density at radius 1 is 1.10 bits per heavy atom. The summed E-state index contributed by atoms with van der Waals surface area (Å²) in [5.74, 6) is -0.0854. The molecule has 0 spiro atoms. The first-order chi connectivity index (χ1) is 9.84. The zero-order valence-corrected chi connectivity index (χ0v) is 11.0. The highest BCUT2D eigenvalue weighted by Gasteiger charge is 2.10. The molecule has 2 aromatic heterocycles. The van der Waals surface area contributed by atoms with E-state index in [9.17, 15) is 4.79 Å². The first-order valence-electron chi connectivity index (χ1n) is 6.58. The summed E-state index contributed by atoms with van der Waals surface area (Å²) in [6.07, 6.45) is 6.22. The molecule has 3 rings (SSSR count). The van der Waals surface area contributed by atoms with Gasteiger partial charge in [0.15, 0.2) is 0 Å². The van der Waals surface area contributed by atoms with E-state index in [-0.39, 0.29) is 5.91 Å². The summed E-state index contributed by atoms with van der Waals surface area (Å²) < 4.78 is 1.84. The van der Waals surface area contributed by atoms with Crippen molar-refractivity contribution in [3.8, 4) is 0 Å². The minimum absolute atomic E-state index is 0.0854. The van der Waals surface area contributed by atoms with Gasteiger partial charge in [0.05, 0.1) is 5.56 Å². The minimum atomic E-state index is -0.0854. The van der Waals surface area contributed by atoms with Crippen LogP contribution in [0.5, 0.6) is 0 Å². The second-order valence-electron chi connectivity index (χ2n) is 4.57. The molecule has 0 saturated carbocycles. The number of nitrogens with one attached hydrogen (secondary N) is 1. The number of hydrogen-bond acceptors (Lipinski definition) is 2. The predicted molar refractivity (Wildman–Crippen MR) is 77.7 cm³/mol. The number of carbonyl (C=O) groups is 1. The van der Waals surface area contributed by atoms with E-state index in [0.29, 0.717) is 17.8 Å². The van der Waals surface area contributed by atoms with E-state index in [2.05, 4.69) is 22.4 Å². The highest BCUT2D eigenvalue weighted by molar-refractivity contribution is 5.99. The van der Waals surface area contributed by atoms with Crippen LogP contribution in [0.3, 0.4) is 0 Å². The van der Waals surface area contributed by atoms with Crippen LogP contribution in [0, 0.1) is 0 Å². The Kier molecular flexibility index (Phi) is 3.46.